The number of hydrogen-bond donors (Lipinski definition) is 2. The summed E-state index contributed by atoms with van der Waals surface area (Å²) in [7, 11) is 0. The zero-order chi connectivity index (χ0) is 15.0. The van der Waals surface area contributed by atoms with E-state index in [1.54, 1.807) is 0 Å². The van der Waals surface area contributed by atoms with E-state index in [0.717, 1.165) is 32.6 Å². The first-order valence-electron chi connectivity index (χ1n) is 7.54. The maximum absolute atomic E-state index is 12.1. The number of nitrogens with zero attached hydrogens (tertiary/aromatic N) is 1. The molecule has 4 nitrogen and oxygen atoms in total. The minimum Gasteiger partial charge on any atom is -0.354 e. The molecule has 2 N–H and O–H groups in total. The quantitative estimate of drug-likeness (QED) is 0.627. The molecule has 2 unspecified atom stereocenters. The van der Waals surface area contributed by atoms with Gasteiger partial charge in [0.15, 0.2) is 0 Å². The van der Waals surface area contributed by atoms with E-state index >= 15 is 0 Å². The van der Waals surface area contributed by atoms with Gasteiger partial charge in [-0.3, -0.25) is 9.69 Å². The molecule has 1 aliphatic rings. The first kappa shape index (κ1) is 16.9. The summed E-state index contributed by atoms with van der Waals surface area (Å²) in [4.78, 5) is 14.4. The summed E-state index contributed by atoms with van der Waals surface area (Å²) >= 11 is 0. The largest absolute Gasteiger partial charge is 0.354 e. The lowest BCUT2D eigenvalue weighted by Crippen LogP contribution is -2.48. The van der Waals surface area contributed by atoms with Crippen LogP contribution in [0.15, 0.2) is 25.3 Å². The van der Waals surface area contributed by atoms with E-state index in [9.17, 15) is 4.79 Å². The predicted molar refractivity (Wildman–Crippen MR) is 84.6 cm³/mol. The smallest absolute Gasteiger partial charge is 0.224 e. The van der Waals surface area contributed by atoms with Crippen molar-refractivity contribution in [1.82, 2.24) is 15.5 Å². The van der Waals surface area contributed by atoms with Crippen molar-refractivity contribution >= 4 is 5.91 Å². The molecule has 0 spiro atoms. The molecular weight excluding hydrogens is 250 g/mol. The molecule has 0 aromatic heterocycles. The Morgan fingerprint density at radius 1 is 1.40 bits per heavy atom. The maximum Gasteiger partial charge on any atom is 0.224 e. The lowest BCUT2D eigenvalue weighted by Gasteiger charge is -2.33. The molecular formula is C16H29N3O. The number of amides is 1. The topological polar surface area (TPSA) is 44.4 Å². The highest BCUT2D eigenvalue weighted by molar-refractivity contribution is 5.79. The molecule has 1 aliphatic heterocycles. The van der Waals surface area contributed by atoms with Crippen molar-refractivity contribution in [2.75, 3.05) is 32.7 Å². The third kappa shape index (κ3) is 5.10. The van der Waals surface area contributed by atoms with Gasteiger partial charge in [0.1, 0.15) is 0 Å². The molecule has 1 fully saturated rings. The molecule has 20 heavy (non-hydrogen) atoms. The molecule has 1 saturated heterocycles. The second-order valence-corrected chi connectivity index (χ2v) is 5.78. The fourth-order valence-corrected chi connectivity index (χ4v) is 2.69. The van der Waals surface area contributed by atoms with Gasteiger partial charge in [-0.2, -0.15) is 0 Å². The van der Waals surface area contributed by atoms with Gasteiger partial charge in [-0.15, -0.1) is 13.2 Å². The molecule has 4 heteroatoms. The van der Waals surface area contributed by atoms with Crippen molar-refractivity contribution in [1.29, 1.82) is 0 Å². The minimum atomic E-state index is 0.134. The molecule has 0 aliphatic carbocycles. The summed E-state index contributed by atoms with van der Waals surface area (Å²) in [6, 6.07) is 0.310. The Morgan fingerprint density at radius 3 is 2.50 bits per heavy atom. The lowest BCUT2D eigenvalue weighted by molar-refractivity contribution is -0.124. The molecule has 1 heterocycles. The zero-order valence-corrected chi connectivity index (χ0v) is 12.9. The molecule has 1 rings (SSSR count). The highest BCUT2D eigenvalue weighted by atomic mass is 16.1. The van der Waals surface area contributed by atoms with Crippen LogP contribution in [0.3, 0.4) is 0 Å². The van der Waals surface area contributed by atoms with Crippen molar-refractivity contribution < 1.29 is 4.79 Å². The van der Waals surface area contributed by atoms with Crippen LogP contribution in [0.1, 0.15) is 20.3 Å². The molecule has 0 bridgehead atoms. The van der Waals surface area contributed by atoms with Crippen LogP contribution in [0.4, 0.5) is 0 Å². The average molecular weight is 279 g/mol. The van der Waals surface area contributed by atoms with Gasteiger partial charge in [0.05, 0.1) is 5.92 Å². The second kappa shape index (κ2) is 8.93. The van der Waals surface area contributed by atoms with Crippen LogP contribution in [-0.4, -0.2) is 49.6 Å². The molecule has 0 aromatic rings. The van der Waals surface area contributed by atoms with E-state index in [4.69, 9.17) is 0 Å². The van der Waals surface area contributed by atoms with Gasteiger partial charge in [-0.05, 0) is 18.9 Å². The van der Waals surface area contributed by atoms with E-state index in [1.165, 1.54) is 0 Å². The molecule has 0 aromatic carbocycles. The van der Waals surface area contributed by atoms with Gasteiger partial charge < -0.3 is 10.6 Å². The highest BCUT2D eigenvalue weighted by Gasteiger charge is 2.25. The van der Waals surface area contributed by atoms with E-state index in [-0.39, 0.29) is 11.8 Å². The van der Waals surface area contributed by atoms with Crippen LogP contribution in [-0.2, 0) is 4.79 Å². The fourth-order valence-electron chi connectivity index (χ4n) is 2.69. The normalized spacial score (nSPS) is 20.1. The second-order valence-electron chi connectivity index (χ2n) is 5.78. The summed E-state index contributed by atoms with van der Waals surface area (Å²) in [6.45, 7) is 16.1. The van der Waals surface area contributed by atoms with Crippen LogP contribution < -0.4 is 10.6 Å². The molecule has 114 valence electrons. The monoisotopic (exact) mass is 279 g/mol. The Bertz CT molecular complexity index is 312. The number of hydrogen-bond acceptors (Lipinski definition) is 3. The highest BCUT2D eigenvalue weighted by Crippen LogP contribution is 2.12. The van der Waals surface area contributed by atoms with Crippen LogP contribution in [0.2, 0.25) is 0 Å². The van der Waals surface area contributed by atoms with Crippen molar-refractivity contribution in [3.05, 3.63) is 25.3 Å². The Labute approximate surface area is 123 Å². The minimum absolute atomic E-state index is 0.134. The summed E-state index contributed by atoms with van der Waals surface area (Å²) in [5.41, 5.74) is 0. The summed E-state index contributed by atoms with van der Waals surface area (Å²) in [5, 5.41) is 6.34. The molecule has 2 atom stereocenters. The first-order valence-corrected chi connectivity index (χ1v) is 7.54. The Hall–Kier alpha value is -1.13. The van der Waals surface area contributed by atoms with Gasteiger partial charge >= 0.3 is 0 Å². The lowest BCUT2D eigenvalue weighted by atomic mass is 10.0. The average Bonchev–Trinajstić information content (AvgIpc) is 2.92. The van der Waals surface area contributed by atoms with Crippen molar-refractivity contribution in [2.45, 2.75) is 26.3 Å². The molecule has 1 amide bonds. The van der Waals surface area contributed by atoms with Crippen LogP contribution in [0.25, 0.3) is 0 Å². The van der Waals surface area contributed by atoms with E-state index in [2.05, 4.69) is 42.5 Å². The Kier molecular flexibility index (Phi) is 7.55. The van der Waals surface area contributed by atoms with E-state index in [0.29, 0.717) is 18.5 Å². The number of carbonyl (C=O) groups excluding carboxylic acids is 1. The van der Waals surface area contributed by atoms with Crippen molar-refractivity contribution in [3.8, 4) is 0 Å². The third-order valence-corrected chi connectivity index (χ3v) is 3.88. The standard InChI is InChI=1S/C16H29N3O/c1-5-9-19(10-6-2)15(13(3)4)12-18-16(20)14-7-8-17-11-14/h5-6,13-15,17H,1-2,7-12H2,3-4H3,(H,18,20). The predicted octanol–water partition coefficient (Wildman–Crippen LogP) is 1.41. The van der Waals surface area contributed by atoms with Gasteiger partial charge in [0.2, 0.25) is 5.91 Å². The van der Waals surface area contributed by atoms with Gasteiger partial charge in [-0.25, -0.2) is 0 Å². The van der Waals surface area contributed by atoms with Crippen molar-refractivity contribution in [3.63, 3.8) is 0 Å². The number of rotatable bonds is 9. The Balaban J connectivity index is 2.53. The maximum atomic E-state index is 12.1. The van der Waals surface area contributed by atoms with Gasteiger partial charge in [0.25, 0.3) is 0 Å². The Morgan fingerprint density at radius 2 is 2.05 bits per heavy atom. The molecule has 0 saturated carbocycles. The van der Waals surface area contributed by atoms with E-state index in [1.807, 2.05) is 12.2 Å². The summed E-state index contributed by atoms with van der Waals surface area (Å²) in [5.74, 6) is 0.782. The van der Waals surface area contributed by atoms with Crippen molar-refractivity contribution in [2.24, 2.45) is 11.8 Å². The number of nitrogens with one attached hydrogen (secondary N) is 2. The van der Waals surface area contributed by atoms with Gasteiger partial charge in [0, 0.05) is 32.2 Å². The SMILES string of the molecule is C=CCN(CC=C)C(CNC(=O)C1CCNC1)C(C)C. The number of carbonyl (C=O) groups is 1. The fraction of sp³-hybridized carbons (Fsp3) is 0.688. The molecule has 0 radical (unpaired) electrons. The first-order chi connectivity index (χ1) is 9.60. The van der Waals surface area contributed by atoms with Crippen LogP contribution in [0, 0.1) is 11.8 Å². The van der Waals surface area contributed by atoms with Crippen LogP contribution >= 0.6 is 0 Å². The third-order valence-electron chi connectivity index (χ3n) is 3.88. The zero-order valence-electron chi connectivity index (χ0n) is 12.9. The summed E-state index contributed by atoms with van der Waals surface area (Å²) < 4.78 is 0. The van der Waals surface area contributed by atoms with Crippen LogP contribution in [0.5, 0.6) is 0 Å². The summed E-state index contributed by atoms with van der Waals surface area (Å²) in [6.07, 6.45) is 4.75. The van der Waals surface area contributed by atoms with E-state index < -0.39 is 0 Å². The van der Waals surface area contributed by atoms with Gasteiger partial charge in [-0.1, -0.05) is 26.0 Å².